The Morgan fingerprint density at radius 3 is 2.86 bits per heavy atom. The van der Waals surface area contributed by atoms with E-state index in [4.69, 9.17) is 21.1 Å². The average Bonchev–Trinajstić information content (AvgIpc) is 2.69. The summed E-state index contributed by atoms with van der Waals surface area (Å²) in [5.41, 5.74) is 1.38. The van der Waals surface area contributed by atoms with Crippen LogP contribution in [0, 0.1) is 19.7 Å². The van der Waals surface area contributed by atoms with Crippen LogP contribution in [0.3, 0.4) is 0 Å². The second-order valence-electron chi connectivity index (χ2n) is 7.47. The van der Waals surface area contributed by atoms with Gasteiger partial charge in [-0.15, -0.1) is 0 Å². The van der Waals surface area contributed by atoms with Gasteiger partial charge in [-0.1, -0.05) is 31.5 Å². The van der Waals surface area contributed by atoms with Crippen LogP contribution < -0.4 is 4.74 Å². The number of ether oxygens (including phenoxy) is 2. The number of carbonyl (C=O) groups excluding carboxylic acids is 1. The summed E-state index contributed by atoms with van der Waals surface area (Å²) in [6.07, 6.45) is -0.350. The van der Waals surface area contributed by atoms with Crippen LogP contribution in [0.1, 0.15) is 47.2 Å². The molecule has 0 N–H and O–H groups in total. The summed E-state index contributed by atoms with van der Waals surface area (Å²) < 4.78 is 25.8. The number of benzene rings is 1. The van der Waals surface area contributed by atoms with Gasteiger partial charge in [0.2, 0.25) is 5.88 Å². The van der Waals surface area contributed by atoms with Crippen molar-refractivity contribution in [1.82, 2.24) is 14.9 Å². The van der Waals surface area contributed by atoms with E-state index in [0.29, 0.717) is 30.4 Å². The maximum Gasteiger partial charge on any atom is 0.258 e. The molecule has 1 atom stereocenters. The van der Waals surface area contributed by atoms with Crippen LogP contribution in [-0.4, -0.2) is 53.2 Å². The number of morpholine rings is 1. The Morgan fingerprint density at radius 2 is 2.14 bits per heavy atom. The van der Waals surface area contributed by atoms with Gasteiger partial charge in [-0.25, -0.2) is 9.37 Å². The minimum atomic E-state index is -0.623. The maximum absolute atomic E-state index is 14.2. The van der Waals surface area contributed by atoms with Gasteiger partial charge >= 0.3 is 0 Å². The van der Waals surface area contributed by atoms with Gasteiger partial charge in [0.25, 0.3) is 5.91 Å². The van der Waals surface area contributed by atoms with Crippen LogP contribution in [0.5, 0.6) is 5.88 Å². The van der Waals surface area contributed by atoms with Gasteiger partial charge < -0.3 is 14.4 Å². The third kappa shape index (κ3) is 5.03. The van der Waals surface area contributed by atoms with E-state index in [0.717, 1.165) is 5.69 Å². The molecule has 2 aromatic rings. The molecule has 0 bridgehead atoms. The zero-order valence-electron chi connectivity index (χ0n) is 17.0. The molecule has 1 aliphatic heterocycles. The summed E-state index contributed by atoms with van der Waals surface area (Å²) in [5, 5.41) is 0.145. The SMILES string of the molecule is Cc1cc(OCC2CN(C(=O)c3c(F)ccc(C)c3Cl)CCO2)nc(C(C)C)n1. The Bertz CT molecular complexity index is 907. The molecule has 0 saturated carbocycles. The predicted molar refractivity (Wildman–Crippen MR) is 108 cm³/mol. The molecule has 2 heterocycles. The molecule has 1 aromatic heterocycles. The predicted octanol–water partition coefficient (Wildman–Crippen LogP) is 3.93. The second kappa shape index (κ2) is 9.05. The summed E-state index contributed by atoms with van der Waals surface area (Å²) in [5.74, 6) is 0.310. The van der Waals surface area contributed by atoms with Crippen molar-refractivity contribution in [2.75, 3.05) is 26.3 Å². The van der Waals surface area contributed by atoms with Gasteiger partial charge in [-0.05, 0) is 25.5 Å². The van der Waals surface area contributed by atoms with Gasteiger partial charge in [0.15, 0.2) is 0 Å². The highest BCUT2D eigenvalue weighted by molar-refractivity contribution is 6.34. The summed E-state index contributed by atoms with van der Waals surface area (Å²) in [4.78, 5) is 23.2. The van der Waals surface area contributed by atoms with Crippen LogP contribution in [0.4, 0.5) is 4.39 Å². The summed E-state index contributed by atoms with van der Waals surface area (Å²) in [6.45, 7) is 8.87. The van der Waals surface area contributed by atoms with Crippen LogP contribution in [-0.2, 0) is 4.74 Å². The third-order valence-electron chi connectivity index (χ3n) is 4.71. The van der Waals surface area contributed by atoms with Gasteiger partial charge in [-0.3, -0.25) is 4.79 Å². The van der Waals surface area contributed by atoms with E-state index in [1.54, 1.807) is 24.0 Å². The normalized spacial score (nSPS) is 16.9. The standard InChI is InChI=1S/C21H25ClFN3O3/c1-12(2)20-24-14(4)9-17(25-20)29-11-15-10-26(7-8-28-15)21(27)18-16(23)6-5-13(3)19(18)22/h5-6,9,12,15H,7-8,10-11H2,1-4H3. The van der Waals surface area contributed by atoms with Crippen molar-refractivity contribution in [3.05, 3.63) is 51.7 Å². The van der Waals surface area contributed by atoms with Crippen LogP contribution in [0.25, 0.3) is 0 Å². The van der Waals surface area contributed by atoms with Crippen molar-refractivity contribution < 1.29 is 18.7 Å². The number of aromatic nitrogens is 2. The Hall–Kier alpha value is -2.25. The number of rotatable bonds is 5. The quantitative estimate of drug-likeness (QED) is 0.731. The van der Waals surface area contributed by atoms with Gasteiger partial charge in [-0.2, -0.15) is 4.98 Å². The van der Waals surface area contributed by atoms with E-state index in [1.807, 2.05) is 20.8 Å². The van der Waals surface area contributed by atoms with Crippen LogP contribution in [0.2, 0.25) is 5.02 Å². The molecule has 0 spiro atoms. The van der Waals surface area contributed by atoms with Crippen molar-refractivity contribution >= 4 is 17.5 Å². The molecule has 29 heavy (non-hydrogen) atoms. The Kier molecular flexibility index (Phi) is 6.70. The van der Waals surface area contributed by atoms with Crippen LogP contribution in [0.15, 0.2) is 18.2 Å². The molecule has 1 amide bonds. The fourth-order valence-corrected chi connectivity index (χ4v) is 3.32. The van der Waals surface area contributed by atoms with Gasteiger partial charge in [0.05, 0.1) is 23.7 Å². The largest absolute Gasteiger partial charge is 0.475 e. The zero-order chi connectivity index (χ0) is 21.1. The van der Waals surface area contributed by atoms with E-state index in [-0.39, 0.29) is 35.8 Å². The molecule has 1 fully saturated rings. The first-order valence-electron chi connectivity index (χ1n) is 9.60. The van der Waals surface area contributed by atoms with Crippen LogP contribution >= 0.6 is 11.6 Å². The molecule has 0 aliphatic carbocycles. The number of nitrogens with zero attached hydrogens (tertiary/aromatic N) is 3. The van der Waals surface area contributed by atoms with Gasteiger partial charge in [0, 0.05) is 24.2 Å². The summed E-state index contributed by atoms with van der Waals surface area (Å²) in [6, 6.07) is 4.58. The van der Waals surface area contributed by atoms with Crippen molar-refractivity contribution in [1.29, 1.82) is 0 Å². The highest BCUT2D eigenvalue weighted by Gasteiger charge is 2.29. The second-order valence-corrected chi connectivity index (χ2v) is 7.85. The molecule has 3 rings (SSSR count). The molecule has 8 heteroatoms. The molecule has 1 unspecified atom stereocenters. The topological polar surface area (TPSA) is 64.5 Å². The number of aryl methyl sites for hydroxylation is 2. The number of halogens is 2. The monoisotopic (exact) mass is 421 g/mol. The fraction of sp³-hybridized carbons (Fsp3) is 0.476. The number of carbonyl (C=O) groups is 1. The van der Waals surface area contributed by atoms with Crippen molar-refractivity contribution in [2.45, 2.75) is 39.7 Å². The lowest BCUT2D eigenvalue weighted by Gasteiger charge is -2.33. The molecule has 156 valence electrons. The molecular formula is C21H25ClFN3O3. The molecule has 6 nitrogen and oxygen atoms in total. The highest BCUT2D eigenvalue weighted by Crippen LogP contribution is 2.25. The summed E-state index contributed by atoms with van der Waals surface area (Å²) in [7, 11) is 0. The number of hydrogen-bond acceptors (Lipinski definition) is 5. The first-order chi connectivity index (χ1) is 13.8. The lowest BCUT2D eigenvalue weighted by molar-refractivity contribution is -0.0408. The molecule has 0 radical (unpaired) electrons. The minimum Gasteiger partial charge on any atom is -0.475 e. The smallest absolute Gasteiger partial charge is 0.258 e. The lowest BCUT2D eigenvalue weighted by Crippen LogP contribution is -2.48. The van der Waals surface area contributed by atoms with E-state index < -0.39 is 11.7 Å². The maximum atomic E-state index is 14.2. The lowest BCUT2D eigenvalue weighted by atomic mass is 10.1. The van der Waals surface area contributed by atoms with E-state index in [1.165, 1.54) is 6.07 Å². The first-order valence-corrected chi connectivity index (χ1v) is 9.98. The van der Waals surface area contributed by atoms with E-state index >= 15 is 0 Å². The van der Waals surface area contributed by atoms with Crippen molar-refractivity contribution in [3.63, 3.8) is 0 Å². The van der Waals surface area contributed by atoms with Gasteiger partial charge in [0.1, 0.15) is 24.4 Å². The number of amides is 1. The Labute approximate surface area is 175 Å². The van der Waals surface area contributed by atoms with E-state index in [9.17, 15) is 9.18 Å². The highest BCUT2D eigenvalue weighted by atomic mass is 35.5. The van der Waals surface area contributed by atoms with E-state index in [2.05, 4.69) is 9.97 Å². The first kappa shape index (κ1) is 21.5. The molecule has 1 saturated heterocycles. The molecule has 1 aliphatic rings. The average molecular weight is 422 g/mol. The minimum absolute atomic E-state index is 0.0961. The molecular weight excluding hydrogens is 397 g/mol. The Morgan fingerprint density at radius 1 is 1.38 bits per heavy atom. The summed E-state index contributed by atoms with van der Waals surface area (Å²) >= 11 is 6.19. The Balaban J connectivity index is 1.67. The fourth-order valence-electron chi connectivity index (χ4n) is 3.09. The third-order valence-corrected chi connectivity index (χ3v) is 5.19. The molecule has 1 aromatic carbocycles. The van der Waals surface area contributed by atoms with Crippen molar-refractivity contribution in [2.24, 2.45) is 0 Å². The number of hydrogen-bond donors (Lipinski definition) is 0. The van der Waals surface area contributed by atoms with Crippen molar-refractivity contribution in [3.8, 4) is 5.88 Å². The zero-order valence-corrected chi connectivity index (χ0v) is 17.8.